The van der Waals surface area contributed by atoms with E-state index >= 15 is 0 Å². The number of nitrogens with zero attached hydrogens (tertiary/aromatic N) is 1. The molecule has 2 N–H and O–H groups in total. The molecule has 0 aromatic carbocycles. The van der Waals surface area contributed by atoms with Crippen LogP contribution in [0.3, 0.4) is 0 Å². The number of carbonyl (C=O) groups excluding carboxylic acids is 1. The summed E-state index contributed by atoms with van der Waals surface area (Å²) in [7, 11) is 0. The van der Waals surface area contributed by atoms with Crippen LogP contribution in [-0.4, -0.2) is 41.2 Å². The van der Waals surface area contributed by atoms with E-state index in [4.69, 9.17) is 9.84 Å². The number of aromatic carboxylic acids is 1. The summed E-state index contributed by atoms with van der Waals surface area (Å²) >= 11 is 0. The lowest BCUT2D eigenvalue weighted by atomic mass is 10.0. The lowest BCUT2D eigenvalue weighted by Gasteiger charge is -2.22. The van der Waals surface area contributed by atoms with Crippen molar-refractivity contribution in [2.24, 2.45) is 0 Å². The Morgan fingerprint density at radius 3 is 2.86 bits per heavy atom. The molecule has 1 amide bonds. The number of aromatic nitrogens is 1. The molecular formula is C15H20N2O4. The molecule has 1 aromatic rings. The Balaban J connectivity index is 1.74. The third-order valence-corrected chi connectivity index (χ3v) is 3.46. The van der Waals surface area contributed by atoms with E-state index in [9.17, 15) is 9.59 Å². The predicted molar refractivity (Wildman–Crippen MR) is 76.4 cm³/mol. The summed E-state index contributed by atoms with van der Waals surface area (Å²) in [6.45, 7) is 1.38. The lowest BCUT2D eigenvalue weighted by Crippen LogP contribution is -2.27. The van der Waals surface area contributed by atoms with Gasteiger partial charge in [-0.05, 0) is 44.2 Å². The van der Waals surface area contributed by atoms with Gasteiger partial charge in [0.2, 0.25) is 0 Å². The van der Waals surface area contributed by atoms with E-state index < -0.39 is 5.97 Å². The molecule has 2 heterocycles. The van der Waals surface area contributed by atoms with Crippen molar-refractivity contribution >= 4 is 11.9 Å². The summed E-state index contributed by atoms with van der Waals surface area (Å²) < 4.78 is 5.62. The van der Waals surface area contributed by atoms with Gasteiger partial charge in [-0.3, -0.25) is 4.79 Å². The number of carbonyl (C=O) groups is 2. The van der Waals surface area contributed by atoms with E-state index in [0.29, 0.717) is 12.6 Å². The monoisotopic (exact) mass is 292 g/mol. The van der Waals surface area contributed by atoms with Crippen LogP contribution < -0.4 is 5.32 Å². The second kappa shape index (κ2) is 7.73. The number of rotatable bonds is 6. The fraction of sp³-hybridized carbons (Fsp3) is 0.533. The Labute approximate surface area is 123 Å². The number of hydrogen-bond donors (Lipinski definition) is 2. The summed E-state index contributed by atoms with van der Waals surface area (Å²) in [5.74, 6) is -1.48. The number of carboxylic acid groups (broad SMARTS) is 1. The van der Waals surface area contributed by atoms with E-state index in [0.717, 1.165) is 32.3 Å². The third-order valence-electron chi connectivity index (χ3n) is 3.46. The molecule has 1 aromatic heterocycles. The zero-order chi connectivity index (χ0) is 15.1. The number of ether oxygens (including phenoxy) is 1. The van der Waals surface area contributed by atoms with Gasteiger partial charge in [-0.15, -0.1) is 0 Å². The van der Waals surface area contributed by atoms with Gasteiger partial charge >= 0.3 is 5.97 Å². The van der Waals surface area contributed by atoms with Crippen molar-refractivity contribution in [3.8, 4) is 0 Å². The summed E-state index contributed by atoms with van der Waals surface area (Å²) in [4.78, 5) is 26.5. The first-order valence-corrected chi connectivity index (χ1v) is 7.27. The minimum Gasteiger partial charge on any atom is -0.477 e. The highest BCUT2D eigenvalue weighted by Gasteiger charge is 2.14. The normalized spacial score (nSPS) is 18.2. The van der Waals surface area contributed by atoms with Crippen molar-refractivity contribution < 1.29 is 19.4 Å². The van der Waals surface area contributed by atoms with Crippen LogP contribution in [-0.2, 0) is 4.74 Å². The molecule has 0 aliphatic carbocycles. The molecule has 0 radical (unpaired) electrons. The van der Waals surface area contributed by atoms with Crippen LogP contribution in [0.15, 0.2) is 18.2 Å². The number of nitrogens with one attached hydrogen (secondary N) is 1. The summed E-state index contributed by atoms with van der Waals surface area (Å²) in [6.07, 6.45) is 5.53. The van der Waals surface area contributed by atoms with Crippen LogP contribution >= 0.6 is 0 Å². The molecule has 1 aliphatic heterocycles. The standard InChI is InChI=1S/C15H20N2O4/c18-14(12-7-3-8-13(17-12)15(19)20)16-9-4-6-11-5-1-2-10-21-11/h3,7-8,11H,1-2,4-6,9-10H2,(H,16,18)(H,19,20). The maximum absolute atomic E-state index is 11.9. The fourth-order valence-electron chi connectivity index (χ4n) is 2.34. The van der Waals surface area contributed by atoms with Crippen molar-refractivity contribution in [2.45, 2.75) is 38.2 Å². The Kier molecular flexibility index (Phi) is 5.68. The van der Waals surface area contributed by atoms with Gasteiger partial charge in [-0.25, -0.2) is 9.78 Å². The molecule has 1 aliphatic rings. The molecule has 6 nitrogen and oxygen atoms in total. The minimum atomic E-state index is -1.14. The molecule has 1 unspecified atom stereocenters. The maximum atomic E-state index is 11.9. The Morgan fingerprint density at radius 2 is 2.14 bits per heavy atom. The van der Waals surface area contributed by atoms with E-state index in [2.05, 4.69) is 10.3 Å². The second-order valence-electron chi connectivity index (χ2n) is 5.10. The smallest absolute Gasteiger partial charge is 0.354 e. The summed E-state index contributed by atoms with van der Waals surface area (Å²) in [6, 6.07) is 4.38. The van der Waals surface area contributed by atoms with Crippen molar-refractivity contribution in [1.29, 1.82) is 0 Å². The van der Waals surface area contributed by atoms with Gasteiger partial charge in [0, 0.05) is 13.2 Å². The van der Waals surface area contributed by atoms with Crippen LogP contribution in [0.4, 0.5) is 0 Å². The van der Waals surface area contributed by atoms with E-state index in [1.165, 1.54) is 24.6 Å². The highest BCUT2D eigenvalue weighted by atomic mass is 16.5. The highest BCUT2D eigenvalue weighted by Crippen LogP contribution is 2.16. The Morgan fingerprint density at radius 1 is 1.33 bits per heavy atom. The molecule has 0 saturated carbocycles. The van der Waals surface area contributed by atoms with Crippen molar-refractivity contribution in [2.75, 3.05) is 13.2 Å². The molecule has 6 heteroatoms. The Hall–Kier alpha value is -1.95. The zero-order valence-electron chi connectivity index (χ0n) is 11.9. The molecule has 1 fully saturated rings. The fourth-order valence-corrected chi connectivity index (χ4v) is 2.34. The van der Waals surface area contributed by atoms with Crippen LogP contribution in [0, 0.1) is 0 Å². The molecule has 114 valence electrons. The molecule has 0 spiro atoms. The molecular weight excluding hydrogens is 272 g/mol. The van der Waals surface area contributed by atoms with Gasteiger partial charge in [0.15, 0.2) is 0 Å². The second-order valence-corrected chi connectivity index (χ2v) is 5.10. The SMILES string of the molecule is O=C(O)c1cccc(C(=O)NCCCC2CCCCO2)n1. The average Bonchev–Trinajstić information content (AvgIpc) is 2.52. The molecule has 1 saturated heterocycles. The largest absolute Gasteiger partial charge is 0.477 e. The first kappa shape index (κ1) is 15.4. The van der Waals surface area contributed by atoms with Crippen LogP contribution in [0.1, 0.15) is 53.1 Å². The van der Waals surface area contributed by atoms with Gasteiger partial charge in [-0.2, -0.15) is 0 Å². The summed E-state index contributed by atoms with van der Waals surface area (Å²) in [5, 5.41) is 11.6. The van der Waals surface area contributed by atoms with Gasteiger partial charge in [0.25, 0.3) is 5.91 Å². The predicted octanol–water partition coefficient (Wildman–Crippen LogP) is 1.86. The molecule has 0 bridgehead atoms. The van der Waals surface area contributed by atoms with E-state index in [1.54, 1.807) is 0 Å². The van der Waals surface area contributed by atoms with Crippen molar-refractivity contribution in [3.05, 3.63) is 29.6 Å². The zero-order valence-corrected chi connectivity index (χ0v) is 11.9. The van der Waals surface area contributed by atoms with Crippen LogP contribution in [0.25, 0.3) is 0 Å². The summed E-state index contributed by atoms with van der Waals surface area (Å²) in [5.41, 5.74) is 0.00192. The number of hydrogen-bond acceptors (Lipinski definition) is 4. The maximum Gasteiger partial charge on any atom is 0.354 e. The molecule has 1 atom stereocenters. The average molecular weight is 292 g/mol. The number of carboxylic acids is 1. The highest BCUT2D eigenvalue weighted by molar-refractivity contribution is 5.94. The van der Waals surface area contributed by atoms with Crippen LogP contribution in [0.2, 0.25) is 0 Å². The number of amides is 1. The Bertz CT molecular complexity index is 498. The van der Waals surface area contributed by atoms with Gasteiger partial charge in [0.1, 0.15) is 11.4 Å². The van der Waals surface area contributed by atoms with Gasteiger partial charge in [0.05, 0.1) is 6.10 Å². The molecule has 2 rings (SSSR count). The first-order chi connectivity index (χ1) is 10.2. The van der Waals surface area contributed by atoms with E-state index in [1.807, 2.05) is 0 Å². The van der Waals surface area contributed by atoms with Crippen molar-refractivity contribution in [3.63, 3.8) is 0 Å². The quantitative estimate of drug-likeness (QED) is 0.781. The van der Waals surface area contributed by atoms with Gasteiger partial charge in [-0.1, -0.05) is 6.07 Å². The van der Waals surface area contributed by atoms with Crippen molar-refractivity contribution in [1.82, 2.24) is 10.3 Å². The lowest BCUT2D eigenvalue weighted by molar-refractivity contribution is 0.0102. The minimum absolute atomic E-state index is 0.127. The topological polar surface area (TPSA) is 88.5 Å². The number of pyridine rings is 1. The van der Waals surface area contributed by atoms with Crippen LogP contribution in [0.5, 0.6) is 0 Å². The van der Waals surface area contributed by atoms with E-state index in [-0.39, 0.29) is 17.3 Å². The van der Waals surface area contributed by atoms with Gasteiger partial charge < -0.3 is 15.2 Å². The molecule has 21 heavy (non-hydrogen) atoms. The first-order valence-electron chi connectivity index (χ1n) is 7.27. The third kappa shape index (κ3) is 4.82.